The third-order valence-electron chi connectivity index (χ3n) is 6.29. The summed E-state index contributed by atoms with van der Waals surface area (Å²) in [5.74, 6) is 0.592. The van der Waals surface area contributed by atoms with Crippen molar-refractivity contribution in [2.75, 3.05) is 13.2 Å². The number of benzene rings is 3. The number of amides is 1. The molecule has 2 heterocycles. The zero-order valence-electron chi connectivity index (χ0n) is 21.0. The zero-order chi connectivity index (χ0) is 28.3. The van der Waals surface area contributed by atoms with E-state index in [0.717, 1.165) is 17.7 Å². The van der Waals surface area contributed by atoms with Gasteiger partial charge >= 0.3 is 6.18 Å². The van der Waals surface area contributed by atoms with Crippen LogP contribution in [-0.2, 0) is 23.9 Å². The lowest BCUT2D eigenvalue weighted by atomic mass is 10.2. The Morgan fingerprint density at radius 2 is 1.77 bits per heavy atom. The second-order valence-corrected chi connectivity index (χ2v) is 9.38. The van der Waals surface area contributed by atoms with Crippen LogP contribution in [-0.4, -0.2) is 38.2 Å². The fourth-order valence-electron chi connectivity index (χ4n) is 4.35. The van der Waals surface area contributed by atoms with Crippen molar-refractivity contribution in [1.82, 2.24) is 24.5 Å². The molecule has 5 aromatic rings. The summed E-state index contributed by atoms with van der Waals surface area (Å²) in [7, 11) is 0. The van der Waals surface area contributed by atoms with Gasteiger partial charge in [-0.25, -0.2) is 0 Å². The van der Waals surface area contributed by atoms with Crippen LogP contribution >= 0.6 is 11.6 Å². The Hall–Kier alpha value is -4.38. The molecule has 1 amide bonds. The average molecular weight is 570 g/mol. The molecular weight excluding hydrogens is 547 g/mol. The summed E-state index contributed by atoms with van der Waals surface area (Å²) in [6.07, 6.45) is -4.16. The van der Waals surface area contributed by atoms with E-state index in [0.29, 0.717) is 27.5 Å². The number of alkyl halides is 3. The Bertz CT molecular complexity index is 1750. The first-order valence-corrected chi connectivity index (χ1v) is 12.8. The molecule has 0 spiro atoms. The summed E-state index contributed by atoms with van der Waals surface area (Å²) in [6, 6.07) is 18.9. The molecule has 0 bridgehead atoms. The van der Waals surface area contributed by atoms with E-state index in [1.807, 2.05) is 18.2 Å². The number of nitrogens with zero attached hydrogens (tertiary/aromatic N) is 4. The number of ether oxygens (including phenoxy) is 1. The molecule has 40 heavy (non-hydrogen) atoms. The first-order chi connectivity index (χ1) is 19.2. The van der Waals surface area contributed by atoms with E-state index in [4.69, 9.17) is 16.3 Å². The number of hydrogen-bond donors (Lipinski definition) is 1. The minimum absolute atomic E-state index is 0.000125. The van der Waals surface area contributed by atoms with Crippen LogP contribution in [0.15, 0.2) is 77.6 Å². The van der Waals surface area contributed by atoms with Crippen LogP contribution in [0.2, 0.25) is 5.02 Å². The number of aryl methyl sites for hydroxylation is 1. The largest absolute Gasteiger partial charge is 0.492 e. The fourth-order valence-corrected chi connectivity index (χ4v) is 4.55. The minimum atomic E-state index is -4.46. The standard InChI is InChI=1S/C28H23ClF3N5O3/c29-22-10-3-1-6-18(22)17-36-26(39)21-9-2-4-11-23(21)37-24(34-35-27(36)37)12-13-25(38)33-14-15-40-20-8-5-7-19(16-20)28(30,31)32/h1-11,16H,12-15,17H2,(H,33,38). The Balaban J connectivity index is 1.28. The molecule has 0 unspecified atom stereocenters. The van der Waals surface area contributed by atoms with E-state index in [1.54, 1.807) is 34.7 Å². The van der Waals surface area contributed by atoms with E-state index in [-0.39, 0.29) is 49.8 Å². The molecule has 3 aromatic carbocycles. The highest BCUT2D eigenvalue weighted by Gasteiger charge is 2.30. The number of carbonyl (C=O) groups excluding carboxylic acids is 1. The van der Waals surface area contributed by atoms with Crippen LogP contribution in [0.25, 0.3) is 16.7 Å². The molecule has 0 fully saturated rings. The highest BCUT2D eigenvalue weighted by atomic mass is 35.5. The molecule has 8 nitrogen and oxygen atoms in total. The quantitative estimate of drug-likeness (QED) is 0.255. The van der Waals surface area contributed by atoms with Gasteiger partial charge in [-0.15, -0.1) is 10.2 Å². The van der Waals surface area contributed by atoms with Gasteiger partial charge in [-0.05, 0) is 42.0 Å². The second kappa shape index (κ2) is 11.4. The predicted molar refractivity (Wildman–Crippen MR) is 144 cm³/mol. The van der Waals surface area contributed by atoms with Crippen LogP contribution in [0.4, 0.5) is 13.2 Å². The molecule has 0 atom stereocenters. The predicted octanol–water partition coefficient (Wildman–Crippen LogP) is 4.89. The number of halogens is 4. The molecule has 1 N–H and O–H groups in total. The highest BCUT2D eigenvalue weighted by Crippen LogP contribution is 2.31. The summed E-state index contributed by atoms with van der Waals surface area (Å²) in [5, 5.41) is 12.2. The fraction of sp³-hybridized carbons (Fsp3) is 0.214. The van der Waals surface area contributed by atoms with Gasteiger partial charge in [-0.1, -0.05) is 48.0 Å². The van der Waals surface area contributed by atoms with Gasteiger partial charge in [0.15, 0.2) is 0 Å². The number of para-hydroxylation sites is 1. The van der Waals surface area contributed by atoms with Crippen molar-refractivity contribution in [2.45, 2.75) is 25.6 Å². The monoisotopic (exact) mass is 569 g/mol. The molecular formula is C28H23ClF3N5O3. The van der Waals surface area contributed by atoms with Crippen molar-refractivity contribution >= 4 is 34.2 Å². The van der Waals surface area contributed by atoms with E-state index in [2.05, 4.69) is 15.5 Å². The van der Waals surface area contributed by atoms with E-state index >= 15 is 0 Å². The van der Waals surface area contributed by atoms with Gasteiger partial charge in [0.1, 0.15) is 18.2 Å². The number of carbonyl (C=O) groups is 1. The van der Waals surface area contributed by atoms with E-state index < -0.39 is 11.7 Å². The molecule has 2 aromatic heterocycles. The lowest BCUT2D eigenvalue weighted by molar-refractivity contribution is -0.137. The Labute approximate surface area is 231 Å². The number of aromatic nitrogens is 4. The number of nitrogens with one attached hydrogen (secondary N) is 1. The summed E-state index contributed by atoms with van der Waals surface area (Å²) in [5.41, 5.74) is 0.326. The topological polar surface area (TPSA) is 90.5 Å². The first-order valence-electron chi connectivity index (χ1n) is 12.4. The smallest absolute Gasteiger partial charge is 0.416 e. The van der Waals surface area contributed by atoms with Crippen molar-refractivity contribution in [1.29, 1.82) is 0 Å². The molecule has 0 aliphatic rings. The summed E-state index contributed by atoms with van der Waals surface area (Å²) >= 11 is 6.34. The van der Waals surface area contributed by atoms with Gasteiger partial charge in [-0.2, -0.15) is 13.2 Å². The molecule has 0 saturated carbocycles. The third kappa shape index (κ3) is 5.79. The average Bonchev–Trinajstić information content (AvgIpc) is 3.37. The molecule has 0 radical (unpaired) electrons. The van der Waals surface area contributed by atoms with Gasteiger partial charge in [0.25, 0.3) is 5.56 Å². The second-order valence-electron chi connectivity index (χ2n) is 8.98. The van der Waals surface area contributed by atoms with E-state index in [9.17, 15) is 22.8 Å². The molecule has 0 saturated heterocycles. The maximum atomic E-state index is 13.4. The van der Waals surface area contributed by atoms with Crippen LogP contribution in [0.5, 0.6) is 5.75 Å². The highest BCUT2D eigenvalue weighted by molar-refractivity contribution is 6.31. The summed E-state index contributed by atoms with van der Waals surface area (Å²) in [4.78, 5) is 25.8. The number of fused-ring (bicyclic) bond motifs is 3. The van der Waals surface area contributed by atoms with Gasteiger partial charge < -0.3 is 10.1 Å². The molecule has 12 heteroatoms. The first kappa shape index (κ1) is 27.2. The van der Waals surface area contributed by atoms with Crippen LogP contribution in [0.1, 0.15) is 23.4 Å². The van der Waals surface area contributed by atoms with Gasteiger partial charge in [-0.3, -0.25) is 18.6 Å². The van der Waals surface area contributed by atoms with E-state index in [1.165, 1.54) is 16.7 Å². The van der Waals surface area contributed by atoms with Crippen molar-refractivity contribution in [3.8, 4) is 5.75 Å². The zero-order valence-corrected chi connectivity index (χ0v) is 21.7. The number of hydrogen-bond acceptors (Lipinski definition) is 5. The summed E-state index contributed by atoms with van der Waals surface area (Å²) < 4.78 is 47.2. The van der Waals surface area contributed by atoms with Gasteiger partial charge in [0, 0.05) is 17.9 Å². The molecule has 206 valence electrons. The maximum Gasteiger partial charge on any atom is 0.416 e. The van der Waals surface area contributed by atoms with Crippen molar-refractivity contribution in [3.05, 3.63) is 105 Å². The Kier molecular flexibility index (Phi) is 7.74. The van der Waals surface area contributed by atoms with Gasteiger partial charge in [0.2, 0.25) is 11.7 Å². The van der Waals surface area contributed by atoms with Crippen molar-refractivity contribution in [3.63, 3.8) is 0 Å². The van der Waals surface area contributed by atoms with Crippen molar-refractivity contribution in [2.24, 2.45) is 0 Å². The van der Waals surface area contributed by atoms with Crippen LogP contribution in [0.3, 0.4) is 0 Å². The van der Waals surface area contributed by atoms with Gasteiger partial charge in [0.05, 0.1) is 29.6 Å². The molecule has 5 rings (SSSR count). The number of rotatable bonds is 9. The SMILES string of the molecule is O=C(CCc1nnc2n(Cc3ccccc3Cl)c(=O)c3ccccc3n12)NCCOc1cccc(C(F)(F)F)c1. The molecule has 0 aliphatic carbocycles. The third-order valence-corrected chi connectivity index (χ3v) is 6.66. The van der Waals surface area contributed by atoms with Crippen LogP contribution in [0, 0.1) is 0 Å². The summed E-state index contributed by atoms with van der Waals surface area (Å²) in [6.45, 7) is 0.299. The van der Waals surface area contributed by atoms with Crippen LogP contribution < -0.4 is 15.6 Å². The van der Waals surface area contributed by atoms with Crippen molar-refractivity contribution < 1.29 is 22.7 Å². The Morgan fingerprint density at radius 3 is 2.58 bits per heavy atom. The maximum absolute atomic E-state index is 13.4. The Morgan fingerprint density at radius 1 is 1.00 bits per heavy atom. The lowest BCUT2D eigenvalue weighted by Crippen LogP contribution is -2.28. The normalized spacial score (nSPS) is 11.7. The molecule has 0 aliphatic heterocycles. The lowest BCUT2D eigenvalue weighted by Gasteiger charge is -2.12. The minimum Gasteiger partial charge on any atom is -0.492 e.